The van der Waals surface area contributed by atoms with Crippen molar-refractivity contribution in [2.24, 2.45) is 0 Å². The lowest BCUT2D eigenvalue weighted by Crippen LogP contribution is -2.41. The van der Waals surface area contributed by atoms with E-state index in [0.717, 1.165) is 11.1 Å². The van der Waals surface area contributed by atoms with Crippen molar-refractivity contribution in [3.63, 3.8) is 0 Å². The highest BCUT2D eigenvalue weighted by molar-refractivity contribution is 6.52. The highest BCUT2D eigenvalue weighted by Crippen LogP contribution is 2.33. The lowest BCUT2D eigenvalue weighted by Gasteiger charge is -2.21. The molecule has 0 saturated carbocycles. The zero-order valence-electron chi connectivity index (χ0n) is 12.2. The molecule has 0 N–H and O–H groups in total. The van der Waals surface area contributed by atoms with E-state index in [1.807, 2.05) is 26.8 Å². The summed E-state index contributed by atoms with van der Waals surface area (Å²) in [5.74, 6) is -1.33. The first kappa shape index (κ1) is 14.2. The molecule has 0 unspecified atom stereocenters. The van der Waals surface area contributed by atoms with E-state index >= 15 is 0 Å². The van der Waals surface area contributed by atoms with E-state index in [1.165, 1.54) is 9.80 Å². The first-order valence-corrected chi connectivity index (χ1v) is 6.58. The minimum atomic E-state index is -0.619. The molecule has 0 atom stereocenters. The monoisotopic (exact) mass is 274 g/mol. The molecule has 0 spiro atoms. The summed E-state index contributed by atoms with van der Waals surface area (Å²) in [6, 6.07) is 3.61. The summed E-state index contributed by atoms with van der Waals surface area (Å²) < 4.78 is 0. The third-order valence-corrected chi connectivity index (χ3v) is 3.59. The van der Waals surface area contributed by atoms with Crippen LogP contribution < -0.4 is 4.90 Å². The van der Waals surface area contributed by atoms with E-state index in [-0.39, 0.29) is 12.5 Å². The SMILES string of the molecule is CCN(C)C(=O)CN1C(=O)C(=O)c2cc(C)cc(C)c21. The number of amides is 2. The Hall–Kier alpha value is -2.17. The number of anilines is 1. The van der Waals surface area contributed by atoms with Crippen LogP contribution in [0.25, 0.3) is 0 Å². The molecule has 0 fully saturated rings. The summed E-state index contributed by atoms with van der Waals surface area (Å²) in [4.78, 5) is 38.9. The van der Waals surface area contributed by atoms with Crippen molar-refractivity contribution < 1.29 is 14.4 Å². The fourth-order valence-electron chi connectivity index (χ4n) is 2.41. The van der Waals surface area contributed by atoms with Crippen LogP contribution >= 0.6 is 0 Å². The van der Waals surface area contributed by atoms with Gasteiger partial charge in [0.25, 0.3) is 11.7 Å². The van der Waals surface area contributed by atoms with Gasteiger partial charge in [-0.25, -0.2) is 0 Å². The first-order valence-electron chi connectivity index (χ1n) is 6.58. The van der Waals surface area contributed by atoms with Gasteiger partial charge in [-0.1, -0.05) is 6.07 Å². The Morgan fingerprint density at radius 2 is 1.90 bits per heavy atom. The van der Waals surface area contributed by atoms with Crippen molar-refractivity contribution in [3.05, 3.63) is 28.8 Å². The lowest BCUT2D eigenvalue weighted by atomic mass is 10.0. The second kappa shape index (κ2) is 5.07. The Labute approximate surface area is 118 Å². The molecule has 2 rings (SSSR count). The molecule has 0 saturated heterocycles. The van der Waals surface area contributed by atoms with Crippen LogP contribution in [0.1, 0.15) is 28.4 Å². The van der Waals surface area contributed by atoms with Gasteiger partial charge in [0.1, 0.15) is 6.54 Å². The third kappa shape index (κ3) is 2.19. The summed E-state index contributed by atoms with van der Waals surface area (Å²) in [6.07, 6.45) is 0. The van der Waals surface area contributed by atoms with Crippen LogP contribution in [0.5, 0.6) is 0 Å². The number of hydrogen-bond acceptors (Lipinski definition) is 3. The summed E-state index contributed by atoms with van der Waals surface area (Å²) in [5, 5.41) is 0. The Balaban J connectivity index is 2.41. The lowest BCUT2D eigenvalue weighted by molar-refractivity contribution is -0.129. The molecule has 0 radical (unpaired) electrons. The average molecular weight is 274 g/mol. The van der Waals surface area contributed by atoms with E-state index in [1.54, 1.807) is 13.1 Å². The Morgan fingerprint density at radius 3 is 2.50 bits per heavy atom. The van der Waals surface area contributed by atoms with Crippen LogP contribution in [0.3, 0.4) is 0 Å². The summed E-state index contributed by atoms with van der Waals surface area (Å²) in [5.41, 5.74) is 2.75. The number of likely N-dealkylation sites (N-methyl/N-ethyl adjacent to an activating group) is 1. The summed E-state index contributed by atoms with van der Waals surface area (Å²) in [7, 11) is 1.67. The smallest absolute Gasteiger partial charge is 0.299 e. The van der Waals surface area contributed by atoms with Gasteiger partial charge in [-0.15, -0.1) is 0 Å². The van der Waals surface area contributed by atoms with Crippen molar-refractivity contribution in [3.8, 4) is 0 Å². The average Bonchev–Trinajstić information content (AvgIpc) is 2.63. The van der Waals surface area contributed by atoms with E-state index in [4.69, 9.17) is 0 Å². The van der Waals surface area contributed by atoms with Crippen molar-refractivity contribution in [2.45, 2.75) is 20.8 Å². The van der Waals surface area contributed by atoms with Gasteiger partial charge in [0, 0.05) is 13.6 Å². The molecule has 1 aliphatic rings. The van der Waals surface area contributed by atoms with Crippen LogP contribution in [-0.4, -0.2) is 42.6 Å². The predicted molar refractivity (Wildman–Crippen MR) is 75.9 cm³/mol. The number of rotatable bonds is 3. The van der Waals surface area contributed by atoms with E-state index in [9.17, 15) is 14.4 Å². The quantitative estimate of drug-likeness (QED) is 0.781. The topological polar surface area (TPSA) is 57.7 Å². The summed E-state index contributed by atoms with van der Waals surface area (Å²) >= 11 is 0. The number of fused-ring (bicyclic) bond motifs is 1. The summed E-state index contributed by atoms with van der Waals surface area (Å²) in [6.45, 7) is 6.06. The largest absolute Gasteiger partial charge is 0.344 e. The predicted octanol–water partition coefficient (Wildman–Crippen LogP) is 1.31. The Kier molecular flexibility index (Phi) is 3.61. The van der Waals surface area contributed by atoms with Crippen molar-refractivity contribution in [2.75, 3.05) is 25.0 Å². The normalized spacial score (nSPS) is 13.7. The maximum atomic E-state index is 12.1. The number of benzene rings is 1. The number of nitrogens with zero attached hydrogens (tertiary/aromatic N) is 2. The molecule has 0 aliphatic carbocycles. The number of aryl methyl sites for hydroxylation is 2. The standard InChI is InChI=1S/C15H18N2O3/c1-5-16(4)12(18)8-17-13-10(3)6-9(2)7-11(13)14(19)15(17)20/h6-7H,5,8H2,1-4H3. The minimum absolute atomic E-state index is 0.0915. The van der Waals surface area contributed by atoms with Crippen LogP contribution in [0.4, 0.5) is 5.69 Å². The molecule has 1 heterocycles. The van der Waals surface area contributed by atoms with Gasteiger partial charge in [-0.05, 0) is 38.0 Å². The molecule has 1 aromatic carbocycles. The fraction of sp³-hybridized carbons (Fsp3) is 0.400. The molecule has 2 amide bonds. The Bertz CT molecular complexity index is 607. The molecule has 1 aliphatic heterocycles. The van der Waals surface area contributed by atoms with Gasteiger partial charge in [-0.2, -0.15) is 0 Å². The molecular weight excluding hydrogens is 256 g/mol. The molecule has 0 aromatic heterocycles. The van der Waals surface area contributed by atoms with E-state index in [0.29, 0.717) is 17.8 Å². The van der Waals surface area contributed by atoms with Gasteiger partial charge in [0.15, 0.2) is 0 Å². The molecule has 5 nitrogen and oxygen atoms in total. The maximum absolute atomic E-state index is 12.1. The molecule has 20 heavy (non-hydrogen) atoms. The van der Waals surface area contributed by atoms with E-state index < -0.39 is 11.7 Å². The highest BCUT2D eigenvalue weighted by atomic mass is 16.2. The second-order valence-corrected chi connectivity index (χ2v) is 5.11. The van der Waals surface area contributed by atoms with Gasteiger partial charge < -0.3 is 4.90 Å². The van der Waals surface area contributed by atoms with Crippen LogP contribution in [0.2, 0.25) is 0 Å². The highest BCUT2D eigenvalue weighted by Gasteiger charge is 2.38. The molecule has 1 aromatic rings. The molecular formula is C15H18N2O3. The van der Waals surface area contributed by atoms with Crippen LogP contribution in [0.15, 0.2) is 12.1 Å². The first-order chi connectivity index (χ1) is 9.36. The second-order valence-electron chi connectivity index (χ2n) is 5.11. The van der Waals surface area contributed by atoms with Gasteiger partial charge >= 0.3 is 0 Å². The minimum Gasteiger partial charge on any atom is -0.344 e. The van der Waals surface area contributed by atoms with Crippen LogP contribution in [-0.2, 0) is 9.59 Å². The molecule has 106 valence electrons. The van der Waals surface area contributed by atoms with Gasteiger partial charge in [0.2, 0.25) is 5.91 Å². The van der Waals surface area contributed by atoms with Crippen molar-refractivity contribution >= 4 is 23.3 Å². The third-order valence-electron chi connectivity index (χ3n) is 3.59. The van der Waals surface area contributed by atoms with Crippen LogP contribution in [0, 0.1) is 13.8 Å². The number of carbonyl (C=O) groups excluding carboxylic acids is 3. The number of hydrogen-bond donors (Lipinski definition) is 0. The van der Waals surface area contributed by atoms with Crippen molar-refractivity contribution in [1.29, 1.82) is 0 Å². The fourth-order valence-corrected chi connectivity index (χ4v) is 2.41. The van der Waals surface area contributed by atoms with Crippen molar-refractivity contribution in [1.82, 2.24) is 4.90 Å². The zero-order valence-corrected chi connectivity index (χ0v) is 12.2. The van der Waals surface area contributed by atoms with E-state index in [2.05, 4.69) is 0 Å². The molecule has 5 heteroatoms. The maximum Gasteiger partial charge on any atom is 0.299 e. The van der Waals surface area contributed by atoms with Gasteiger partial charge in [-0.3, -0.25) is 19.3 Å². The number of ketones is 1. The number of Topliss-reactive ketones (excluding diaryl/α,β-unsaturated/α-hetero) is 1. The zero-order chi connectivity index (χ0) is 15.0. The Morgan fingerprint density at radius 1 is 1.25 bits per heavy atom. The van der Waals surface area contributed by atoms with Gasteiger partial charge in [0.05, 0.1) is 11.3 Å². The number of carbonyl (C=O) groups is 3. The molecule has 0 bridgehead atoms.